The molecule has 3 aromatic rings. The Labute approximate surface area is 167 Å². The summed E-state index contributed by atoms with van der Waals surface area (Å²) in [6.07, 6.45) is 5.15. The molecule has 0 aromatic carbocycles. The van der Waals surface area contributed by atoms with Gasteiger partial charge >= 0.3 is 0 Å². The largest absolute Gasteiger partial charge is 0.384 e. The van der Waals surface area contributed by atoms with Crippen LogP contribution >= 0.6 is 0 Å². The molecule has 1 fully saturated rings. The molecule has 1 unspecified atom stereocenters. The number of hydrogen-bond acceptors (Lipinski definition) is 7. The summed E-state index contributed by atoms with van der Waals surface area (Å²) in [5.41, 5.74) is 8.75. The van der Waals surface area contributed by atoms with Crippen molar-refractivity contribution in [3.8, 4) is 11.4 Å². The Morgan fingerprint density at radius 1 is 1.29 bits per heavy atom. The molecule has 3 aromatic heterocycles. The van der Waals surface area contributed by atoms with E-state index in [4.69, 9.17) is 15.5 Å². The third-order valence-corrected chi connectivity index (χ3v) is 4.29. The zero-order chi connectivity index (χ0) is 20.3. The quantitative estimate of drug-likeness (QED) is 0.675. The van der Waals surface area contributed by atoms with Crippen LogP contribution in [0.3, 0.4) is 0 Å². The summed E-state index contributed by atoms with van der Waals surface area (Å²) in [5, 5.41) is 0.993. The topological polar surface area (TPSA) is 110 Å². The Morgan fingerprint density at radius 2 is 2.04 bits per heavy atom. The van der Waals surface area contributed by atoms with Gasteiger partial charge in [-0.3, -0.25) is 4.21 Å². The van der Waals surface area contributed by atoms with Crippen LogP contribution in [0.2, 0.25) is 0 Å². The van der Waals surface area contributed by atoms with Gasteiger partial charge in [0.2, 0.25) is 0 Å². The second-order valence-corrected chi connectivity index (χ2v) is 8.37. The maximum Gasteiger partial charge on any atom is 0.164 e. The Bertz CT molecular complexity index is 986. The minimum atomic E-state index is -0.611. The zero-order valence-corrected chi connectivity index (χ0v) is 17.4. The minimum Gasteiger partial charge on any atom is -0.384 e. The van der Waals surface area contributed by atoms with Crippen molar-refractivity contribution in [3.05, 3.63) is 30.1 Å². The summed E-state index contributed by atoms with van der Waals surface area (Å²) < 4.78 is 15.1. The molecule has 4 heterocycles. The minimum absolute atomic E-state index is 0.257. The fourth-order valence-electron chi connectivity index (χ4n) is 3.14. The highest BCUT2D eigenvalue weighted by molar-refractivity contribution is 7.83. The van der Waals surface area contributed by atoms with Crippen LogP contribution in [0, 0.1) is 6.92 Å². The first kappa shape index (κ1) is 20.2. The lowest BCUT2D eigenvalue weighted by molar-refractivity contribution is 0.0985. The van der Waals surface area contributed by atoms with Crippen LogP contribution in [-0.4, -0.2) is 62.5 Å². The highest BCUT2D eigenvalue weighted by Gasteiger charge is 2.22. The number of nitrogens with one attached hydrogen (secondary N) is 1. The van der Waals surface area contributed by atoms with E-state index in [-0.39, 0.29) is 6.04 Å². The molecule has 1 aliphatic heterocycles. The average Bonchev–Trinajstić information content (AvgIpc) is 3.08. The summed E-state index contributed by atoms with van der Waals surface area (Å²) in [7, 11) is -0.611. The predicted octanol–water partition coefficient (Wildman–Crippen LogP) is 2.13. The maximum atomic E-state index is 9.56. The van der Waals surface area contributed by atoms with E-state index in [0.29, 0.717) is 24.9 Å². The van der Waals surface area contributed by atoms with E-state index in [1.165, 1.54) is 0 Å². The number of nitrogen functional groups attached to an aromatic ring is 1. The van der Waals surface area contributed by atoms with Gasteiger partial charge in [0.25, 0.3) is 0 Å². The van der Waals surface area contributed by atoms with Crippen LogP contribution < -0.4 is 10.6 Å². The number of aromatic nitrogens is 4. The van der Waals surface area contributed by atoms with Gasteiger partial charge in [-0.2, -0.15) is 0 Å². The van der Waals surface area contributed by atoms with Gasteiger partial charge < -0.3 is 20.4 Å². The lowest BCUT2D eigenvalue weighted by atomic mass is 10.1. The zero-order valence-electron chi connectivity index (χ0n) is 16.6. The summed E-state index contributed by atoms with van der Waals surface area (Å²) in [6, 6.07) is 6.07. The first-order chi connectivity index (χ1) is 13.3. The Balaban J connectivity index is 0.000000516. The third-order valence-electron chi connectivity index (χ3n) is 4.29. The molecule has 0 bridgehead atoms. The molecule has 4 rings (SSSR count). The molecule has 1 saturated heterocycles. The Hall–Kier alpha value is -2.52. The number of H-pyrrole nitrogens is 1. The molecular weight excluding hydrogens is 376 g/mol. The van der Waals surface area contributed by atoms with Gasteiger partial charge in [-0.15, -0.1) is 0 Å². The van der Waals surface area contributed by atoms with E-state index >= 15 is 0 Å². The van der Waals surface area contributed by atoms with E-state index < -0.39 is 10.8 Å². The molecule has 8 nitrogen and oxygen atoms in total. The number of aryl methyl sites for hydroxylation is 1. The number of ether oxygens (including phenoxy) is 1. The van der Waals surface area contributed by atoms with Gasteiger partial charge in [-0.25, -0.2) is 15.0 Å². The van der Waals surface area contributed by atoms with E-state index in [1.807, 2.05) is 31.3 Å². The van der Waals surface area contributed by atoms with E-state index in [2.05, 4.69) is 26.8 Å². The third kappa shape index (κ3) is 4.66. The van der Waals surface area contributed by atoms with Crippen LogP contribution in [-0.2, 0) is 15.5 Å². The molecule has 0 amide bonds. The summed E-state index contributed by atoms with van der Waals surface area (Å²) in [5.74, 6) is 1.93. The van der Waals surface area contributed by atoms with E-state index in [0.717, 1.165) is 34.7 Å². The molecule has 0 aliphatic carbocycles. The van der Waals surface area contributed by atoms with Crippen molar-refractivity contribution in [2.24, 2.45) is 0 Å². The van der Waals surface area contributed by atoms with Crippen LogP contribution in [0.25, 0.3) is 22.4 Å². The van der Waals surface area contributed by atoms with Crippen LogP contribution in [0.5, 0.6) is 0 Å². The lowest BCUT2D eigenvalue weighted by Crippen LogP contribution is -2.44. The number of nitrogens with two attached hydrogens (primary N) is 1. The van der Waals surface area contributed by atoms with Crippen LogP contribution in [0.4, 0.5) is 11.6 Å². The van der Waals surface area contributed by atoms with E-state index in [9.17, 15) is 4.21 Å². The number of rotatable bonds is 2. The first-order valence-corrected chi connectivity index (χ1v) is 11.0. The molecule has 150 valence electrons. The highest BCUT2D eigenvalue weighted by Crippen LogP contribution is 2.29. The maximum absolute atomic E-state index is 9.56. The van der Waals surface area contributed by atoms with Crippen molar-refractivity contribution >= 4 is 33.5 Å². The number of morpholine rings is 1. The van der Waals surface area contributed by atoms with Crippen molar-refractivity contribution in [3.63, 3.8) is 0 Å². The summed E-state index contributed by atoms with van der Waals surface area (Å²) in [4.78, 5) is 19.1. The molecule has 1 aliphatic rings. The summed E-state index contributed by atoms with van der Waals surface area (Å²) in [6.45, 7) is 6.26. The fraction of sp³-hybridized carbons (Fsp3) is 0.421. The number of aromatic amines is 1. The molecule has 9 heteroatoms. The molecule has 1 atom stereocenters. The SMILES string of the molecule is CS(C)=O.Cc1cc(-c2nc(N)cc(N3CCOCC3C)n2)c2cc[nH]c2n1. The standard InChI is InChI=1S/C17H20N6O.C2H6OS/c1-10-7-13(12-3-4-19-16(12)20-10)17-21-14(18)8-15(22-17)23-5-6-24-9-11(23)2;1-4(2)3/h3-4,7-8,11H,5-6,9H2,1-2H3,(H,19,20)(H2,18,21,22);1-2H3. The Morgan fingerprint density at radius 3 is 2.75 bits per heavy atom. The highest BCUT2D eigenvalue weighted by atomic mass is 32.2. The van der Waals surface area contributed by atoms with Crippen molar-refractivity contribution in [2.45, 2.75) is 19.9 Å². The smallest absolute Gasteiger partial charge is 0.164 e. The van der Waals surface area contributed by atoms with Crippen LogP contribution in [0.15, 0.2) is 24.4 Å². The van der Waals surface area contributed by atoms with Gasteiger partial charge in [0.15, 0.2) is 5.82 Å². The molecule has 0 spiro atoms. The number of hydrogen-bond donors (Lipinski definition) is 2. The van der Waals surface area contributed by atoms with Gasteiger partial charge in [0.1, 0.15) is 17.3 Å². The van der Waals surface area contributed by atoms with Gasteiger partial charge in [0, 0.05) is 58.8 Å². The average molecular weight is 403 g/mol. The lowest BCUT2D eigenvalue weighted by Gasteiger charge is -2.34. The van der Waals surface area contributed by atoms with Crippen LogP contribution in [0.1, 0.15) is 12.6 Å². The Kier molecular flexibility index (Phi) is 6.25. The number of nitrogens with zero attached hydrogens (tertiary/aromatic N) is 4. The second kappa shape index (κ2) is 8.66. The molecule has 3 N–H and O–H groups in total. The van der Waals surface area contributed by atoms with Crippen molar-refractivity contribution in [1.82, 2.24) is 19.9 Å². The van der Waals surface area contributed by atoms with Crippen molar-refractivity contribution < 1.29 is 8.95 Å². The molecular formula is C19H26N6O2S. The molecule has 0 radical (unpaired) electrons. The van der Waals surface area contributed by atoms with E-state index in [1.54, 1.807) is 12.5 Å². The fourth-order valence-corrected chi connectivity index (χ4v) is 3.14. The first-order valence-electron chi connectivity index (χ1n) is 9.04. The number of pyridine rings is 1. The monoisotopic (exact) mass is 402 g/mol. The van der Waals surface area contributed by atoms with Crippen molar-refractivity contribution in [1.29, 1.82) is 0 Å². The number of anilines is 2. The summed E-state index contributed by atoms with van der Waals surface area (Å²) >= 11 is 0. The van der Waals surface area contributed by atoms with Gasteiger partial charge in [-0.05, 0) is 26.0 Å². The normalized spacial score (nSPS) is 16.9. The molecule has 0 saturated carbocycles. The number of fused-ring (bicyclic) bond motifs is 1. The van der Waals surface area contributed by atoms with Gasteiger partial charge in [-0.1, -0.05) is 0 Å². The second-order valence-electron chi connectivity index (χ2n) is 6.88. The van der Waals surface area contributed by atoms with Gasteiger partial charge in [0.05, 0.1) is 19.3 Å². The predicted molar refractivity (Wildman–Crippen MR) is 114 cm³/mol. The van der Waals surface area contributed by atoms with Crippen molar-refractivity contribution in [2.75, 3.05) is 42.9 Å². The molecule has 28 heavy (non-hydrogen) atoms.